The van der Waals surface area contributed by atoms with E-state index in [0.29, 0.717) is 25.8 Å². The topological polar surface area (TPSA) is 212 Å². The molecule has 0 aliphatic rings. The van der Waals surface area contributed by atoms with Crippen LogP contribution < -0.4 is 31.9 Å². The number of hydrogen-bond acceptors (Lipinski definition) is 8. The van der Waals surface area contributed by atoms with Crippen LogP contribution in [0.5, 0.6) is 0 Å². The number of rotatable bonds is 22. The van der Waals surface area contributed by atoms with Gasteiger partial charge in [0.15, 0.2) is 0 Å². The number of benzene rings is 1. The van der Waals surface area contributed by atoms with Crippen LogP contribution in [0.25, 0.3) is 0 Å². The molecule has 1 aromatic carbocycles. The molecule has 6 amide bonds. The van der Waals surface area contributed by atoms with Crippen LogP contribution in [0.4, 0.5) is 0 Å². The zero-order valence-electron chi connectivity index (χ0n) is 32.4. The molecule has 0 radical (unpaired) electrons. The third-order valence-electron chi connectivity index (χ3n) is 8.49. The number of aryl methyl sites for hydroxylation is 1. The van der Waals surface area contributed by atoms with Crippen molar-refractivity contribution in [2.45, 2.75) is 131 Å². The molecule has 1 rings (SSSR count). The van der Waals surface area contributed by atoms with Crippen LogP contribution in [0.3, 0.4) is 0 Å². The van der Waals surface area contributed by atoms with Gasteiger partial charge in [0.05, 0.1) is 6.61 Å². The molecule has 292 valence electrons. The number of carbonyl (C=O) groups excluding carboxylic acids is 7. The number of unbranched alkanes of at least 4 members (excludes halogenated alkanes) is 3. The Morgan fingerprint density at radius 3 is 1.90 bits per heavy atom. The second kappa shape index (κ2) is 22.6. The van der Waals surface area contributed by atoms with E-state index >= 15 is 0 Å². The second-order valence-corrected chi connectivity index (χ2v) is 15.2. The Kier molecular flexibility index (Phi) is 19.8. The largest absolute Gasteiger partial charge is 0.394 e. The summed E-state index contributed by atoms with van der Waals surface area (Å²) in [7, 11) is 0. The maximum absolute atomic E-state index is 14.1. The average Bonchev–Trinajstić information content (AvgIpc) is 3.05. The van der Waals surface area contributed by atoms with E-state index in [4.69, 9.17) is 0 Å². The highest BCUT2D eigenvalue weighted by Gasteiger charge is 2.38. The molecule has 0 heterocycles. The number of aliphatic hydroxyl groups is 1. The molecule has 0 bridgehead atoms. The molecule has 5 atom stereocenters. The summed E-state index contributed by atoms with van der Waals surface area (Å²) in [5, 5.41) is 25.9. The number of carbonyl (C=O) groups is 7. The first-order valence-corrected chi connectivity index (χ1v) is 18.2. The van der Waals surface area contributed by atoms with Crippen molar-refractivity contribution in [2.24, 2.45) is 17.3 Å². The van der Waals surface area contributed by atoms with Crippen molar-refractivity contribution in [1.29, 1.82) is 0 Å². The maximum Gasteiger partial charge on any atom is 0.245 e. The fourth-order valence-electron chi connectivity index (χ4n) is 5.50. The molecule has 0 aliphatic carbocycles. The Labute approximate surface area is 308 Å². The van der Waals surface area contributed by atoms with Gasteiger partial charge in [-0.05, 0) is 54.6 Å². The smallest absolute Gasteiger partial charge is 0.245 e. The van der Waals surface area contributed by atoms with E-state index in [2.05, 4.69) is 31.9 Å². The van der Waals surface area contributed by atoms with Gasteiger partial charge in [-0.1, -0.05) is 79.2 Å². The van der Waals surface area contributed by atoms with Gasteiger partial charge >= 0.3 is 0 Å². The minimum absolute atomic E-state index is 0.0673. The van der Waals surface area contributed by atoms with Gasteiger partial charge < -0.3 is 41.8 Å². The molecule has 0 saturated heterocycles. The number of hydrogen-bond donors (Lipinski definition) is 7. The number of aldehydes is 1. The van der Waals surface area contributed by atoms with Gasteiger partial charge in [-0.2, -0.15) is 0 Å². The molecule has 7 N–H and O–H groups in total. The van der Waals surface area contributed by atoms with Gasteiger partial charge in [0, 0.05) is 26.3 Å². The predicted molar refractivity (Wildman–Crippen MR) is 199 cm³/mol. The zero-order chi connectivity index (χ0) is 39.6. The van der Waals surface area contributed by atoms with E-state index in [1.165, 1.54) is 6.92 Å². The molecular formula is C38H62N6O8. The highest BCUT2D eigenvalue weighted by atomic mass is 16.3. The average molecular weight is 731 g/mol. The molecule has 0 aromatic heterocycles. The molecule has 14 nitrogen and oxygen atoms in total. The fraction of sp³-hybridized carbons (Fsp3) is 0.658. The lowest BCUT2D eigenvalue weighted by Gasteiger charge is -2.34. The first-order chi connectivity index (χ1) is 24.3. The standard InChI is InChI=1S/C38H62N6O8/c1-23(2)20-28(33(48)39-18-14-10-11-15-19-45)42-37(52)32(38(7,8)9)44-34(49)29(21-27-17-13-12-16-25(27)5)41-36(51)31(24(3)4)43-35(50)30(22-46)40-26(6)47/h12-13,16-17,19,23-24,28-32,46H,10-11,14-15,18,20-22H2,1-9H3,(H,39,48)(H,40,47)(H,41,51)(H,42,52)(H,43,50)(H,44,49)/t28-,29-,30-,31+,32+/m0/s1. The predicted octanol–water partition coefficient (Wildman–Crippen LogP) is 1.60. The van der Waals surface area contributed by atoms with Crippen LogP contribution in [0.15, 0.2) is 24.3 Å². The third kappa shape index (κ3) is 16.3. The lowest BCUT2D eigenvalue weighted by atomic mass is 9.85. The van der Waals surface area contributed by atoms with E-state index in [1.807, 2.05) is 45.0 Å². The number of amides is 6. The van der Waals surface area contributed by atoms with Gasteiger partial charge in [-0.3, -0.25) is 28.8 Å². The molecule has 14 heteroatoms. The summed E-state index contributed by atoms with van der Waals surface area (Å²) in [4.78, 5) is 90.0. The summed E-state index contributed by atoms with van der Waals surface area (Å²) < 4.78 is 0. The SMILES string of the molecule is CC(=O)N[C@@H](CO)C(=O)N[C@@H](C(=O)N[C@@H](Cc1ccccc1C)C(=O)N[C@H](C(=O)N[C@@H](CC(C)C)C(=O)NCCCCCC=O)C(C)(C)C)C(C)C. The first kappa shape index (κ1) is 45.7. The van der Waals surface area contributed by atoms with Crippen LogP contribution in [-0.2, 0) is 40.0 Å². The molecule has 0 fully saturated rings. The number of nitrogens with one attached hydrogen (secondary N) is 6. The van der Waals surface area contributed by atoms with Crippen molar-refractivity contribution in [2.75, 3.05) is 13.2 Å². The molecule has 0 saturated carbocycles. The van der Waals surface area contributed by atoms with Gasteiger partial charge in [0.1, 0.15) is 36.5 Å². The van der Waals surface area contributed by atoms with Crippen LogP contribution in [0, 0.1) is 24.2 Å². The Morgan fingerprint density at radius 1 is 0.750 bits per heavy atom. The lowest BCUT2D eigenvalue weighted by molar-refractivity contribution is -0.137. The first-order valence-electron chi connectivity index (χ1n) is 18.2. The van der Waals surface area contributed by atoms with E-state index in [0.717, 1.165) is 30.3 Å². The van der Waals surface area contributed by atoms with Crippen molar-refractivity contribution < 1.29 is 38.7 Å². The Hall–Kier alpha value is -4.33. The van der Waals surface area contributed by atoms with Gasteiger partial charge in [-0.15, -0.1) is 0 Å². The van der Waals surface area contributed by atoms with Crippen molar-refractivity contribution in [3.63, 3.8) is 0 Å². The summed E-state index contributed by atoms with van der Waals surface area (Å²) >= 11 is 0. The van der Waals surface area contributed by atoms with Crippen molar-refractivity contribution in [1.82, 2.24) is 31.9 Å². The van der Waals surface area contributed by atoms with Crippen molar-refractivity contribution in [3.05, 3.63) is 35.4 Å². The quantitative estimate of drug-likeness (QED) is 0.0686. The summed E-state index contributed by atoms with van der Waals surface area (Å²) in [6.07, 6.45) is 3.97. The molecular weight excluding hydrogens is 668 g/mol. The normalized spacial score (nSPS) is 14.3. The van der Waals surface area contributed by atoms with Crippen LogP contribution >= 0.6 is 0 Å². The van der Waals surface area contributed by atoms with E-state index < -0.39 is 77.7 Å². The van der Waals surface area contributed by atoms with E-state index in [-0.39, 0.29) is 18.2 Å². The van der Waals surface area contributed by atoms with Crippen LogP contribution in [0.2, 0.25) is 0 Å². The Bertz CT molecular complexity index is 1360. The van der Waals surface area contributed by atoms with E-state index in [9.17, 15) is 38.7 Å². The monoisotopic (exact) mass is 730 g/mol. The number of aliphatic hydroxyl groups excluding tert-OH is 1. The minimum Gasteiger partial charge on any atom is -0.394 e. The zero-order valence-corrected chi connectivity index (χ0v) is 32.4. The maximum atomic E-state index is 14.1. The lowest BCUT2D eigenvalue weighted by Crippen LogP contribution is -2.62. The summed E-state index contributed by atoms with van der Waals surface area (Å²) in [5.41, 5.74) is 0.836. The molecule has 0 unspecified atom stereocenters. The van der Waals surface area contributed by atoms with Crippen LogP contribution in [-0.4, -0.2) is 90.2 Å². The Morgan fingerprint density at radius 2 is 1.37 bits per heavy atom. The molecule has 52 heavy (non-hydrogen) atoms. The fourth-order valence-corrected chi connectivity index (χ4v) is 5.50. The van der Waals surface area contributed by atoms with Crippen molar-refractivity contribution >= 4 is 41.7 Å². The van der Waals surface area contributed by atoms with Gasteiger partial charge in [0.25, 0.3) is 0 Å². The molecule has 0 aliphatic heterocycles. The second-order valence-electron chi connectivity index (χ2n) is 15.2. The summed E-state index contributed by atoms with van der Waals surface area (Å²) in [6, 6.07) is 1.80. The van der Waals surface area contributed by atoms with E-state index in [1.54, 1.807) is 34.6 Å². The Balaban J connectivity index is 3.33. The summed E-state index contributed by atoms with van der Waals surface area (Å²) in [6.45, 7) is 15.4. The third-order valence-corrected chi connectivity index (χ3v) is 8.49. The van der Waals surface area contributed by atoms with Gasteiger partial charge in [0.2, 0.25) is 35.4 Å². The van der Waals surface area contributed by atoms with Crippen molar-refractivity contribution in [3.8, 4) is 0 Å². The highest BCUT2D eigenvalue weighted by molar-refractivity contribution is 5.96. The summed E-state index contributed by atoms with van der Waals surface area (Å²) in [5.74, 6) is -3.91. The minimum atomic E-state index is -1.28. The molecule has 1 aromatic rings. The molecule has 0 spiro atoms. The van der Waals surface area contributed by atoms with Crippen LogP contribution in [0.1, 0.15) is 98.6 Å². The highest BCUT2D eigenvalue weighted by Crippen LogP contribution is 2.21. The van der Waals surface area contributed by atoms with Gasteiger partial charge in [-0.25, -0.2) is 0 Å².